The lowest BCUT2D eigenvalue weighted by Crippen LogP contribution is -3.09. The maximum Gasteiger partial charge on any atom is 0.150 e. The van der Waals surface area contributed by atoms with Crippen molar-refractivity contribution in [1.29, 1.82) is 0 Å². The average Bonchev–Trinajstić information content (AvgIpc) is 2.81. The molecule has 0 aliphatic heterocycles. The molecular formula is C16H19NO3. The van der Waals surface area contributed by atoms with Gasteiger partial charge in [-0.3, -0.25) is 0 Å². The number of aryl methyl sites for hydroxylation is 1. The van der Waals surface area contributed by atoms with E-state index in [1.54, 1.807) is 13.0 Å². The lowest BCUT2D eigenvalue weighted by Gasteiger charge is -2.17. The number of benzene rings is 1. The number of carboxylic acids is 1. The summed E-state index contributed by atoms with van der Waals surface area (Å²) >= 11 is 0. The van der Waals surface area contributed by atoms with Gasteiger partial charge in [-0.25, -0.2) is 0 Å². The smallest absolute Gasteiger partial charge is 0.150 e. The van der Waals surface area contributed by atoms with E-state index in [4.69, 9.17) is 4.42 Å². The maximum atomic E-state index is 10.8. The highest BCUT2D eigenvalue weighted by atomic mass is 16.4. The standard InChI is InChI=1S/C16H19NO3/c1-3-17(10-13-7-5-4-6-8-13)11-14-9-15(16(18)19)20-12(14)2/h4-9H,3,10-11H2,1-2H3,(H,18,19). The van der Waals surface area contributed by atoms with Crippen LogP contribution in [0.1, 0.15) is 34.4 Å². The van der Waals surface area contributed by atoms with Gasteiger partial charge in [0.2, 0.25) is 0 Å². The third-order valence-corrected chi connectivity index (χ3v) is 3.46. The van der Waals surface area contributed by atoms with Gasteiger partial charge in [0.05, 0.1) is 6.54 Å². The van der Waals surface area contributed by atoms with Crippen molar-refractivity contribution in [1.82, 2.24) is 0 Å². The maximum absolute atomic E-state index is 10.8. The molecule has 20 heavy (non-hydrogen) atoms. The first-order chi connectivity index (χ1) is 9.60. The Morgan fingerprint density at radius 2 is 1.95 bits per heavy atom. The Balaban J connectivity index is 2.08. The van der Waals surface area contributed by atoms with Crippen molar-refractivity contribution in [3.8, 4) is 0 Å². The number of aromatic carboxylic acids is 1. The van der Waals surface area contributed by atoms with Crippen molar-refractivity contribution in [3.63, 3.8) is 0 Å². The fraction of sp³-hybridized carbons (Fsp3) is 0.312. The van der Waals surface area contributed by atoms with Crippen molar-refractivity contribution in [2.75, 3.05) is 6.54 Å². The van der Waals surface area contributed by atoms with E-state index in [-0.39, 0.29) is 5.76 Å². The second kappa shape index (κ2) is 6.39. The zero-order valence-electron chi connectivity index (χ0n) is 11.8. The van der Waals surface area contributed by atoms with Crippen LogP contribution < -0.4 is 10.0 Å². The van der Waals surface area contributed by atoms with Gasteiger partial charge in [0.15, 0.2) is 0 Å². The van der Waals surface area contributed by atoms with E-state index >= 15 is 0 Å². The van der Waals surface area contributed by atoms with Crippen molar-refractivity contribution < 1.29 is 19.2 Å². The highest BCUT2D eigenvalue weighted by molar-refractivity contribution is 5.82. The summed E-state index contributed by atoms with van der Waals surface area (Å²) in [6, 6.07) is 11.8. The Morgan fingerprint density at radius 3 is 2.50 bits per heavy atom. The largest absolute Gasteiger partial charge is 0.542 e. The molecule has 0 saturated carbocycles. The molecule has 1 heterocycles. The van der Waals surface area contributed by atoms with E-state index in [9.17, 15) is 9.90 Å². The normalized spacial score (nSPS) is 12.3. The molecule has 0 aliphatic rings. The highest BCUT2D eigenvalue weighted by Gasteiger charge is 2.14. The molecule has 0 bridgehead atoms. The lowest BCUT2D eigenvalue weighted by molar-refractivity contribution is -0.925. The molecule has 0 radical (unpaired) electrons. The van der Waals surface area contributed by atoms with Gasteiger partial charge in [0.1, 0.15) is 30.6 Å². The molecule has 4 nitrogen and oxygen atoms in total. The fourth-order valence-electron chi connectivity index (χ4n) is 2.26. The Labute approximate surface area is 118 Å². The monoisotopic (exact) mass is 273 g/mol. The van der Waals surface area contributed by atoms with Crippen LogP contribution in [-0.4, -0.2) is 12.5 Å². The van der Waals surface area contributed by atoms with E-state index < -0.39 is 5.97 Å². The van der Waals surface area contributed by atoms with Gasteiger partial charge in [-0.05, 0) is 19.9 Å². The first-order valence-corrected chi connectivity index (χ1v) is 6.78. The van der Waals surface area contributed by atoms with Gasteiger partial charge in [0.25, 0.3) is 0 Å². The number of nitrogens with one attached hydrogen (secondary N) is 1. The summed E-state index contributed by atoms with van der Waals surface area (Å²) in [5, 5.41) is 10.8. The van der Waals surface area contributed by atoms with Crippen LogP contribution in [0.2, 0.25) is 0 Å². The molecular weight excluding hydrogens is 254 g/mol. The SMILES string of the molecule is CC[NH+](Cc1ccccc1)Cc1cc(C(=O)[O-])oc1C. The Kier molecular flexibility index (Phi) is 4.58. The molecule has 0 saturated heterocycles. The number of carbonyl (C=O) groups is 1. The fourth-order valence-corrected chi connectivity index (χ4v) is 2.26. The molecule has 0 aliphatic carbocycles. The Bertz CT molecular complexity index is 575. The lowest BCUT2D eigenvalue weighted by atomic mass is 10.2. The van der Waals surface area contributed by atoms with Crippen LogP contribution in [-0.2, 0) is 13.1 Å². The quantitative estimate of drug-likeness (QED) is 0.836. The van der Waals surface area contributed by atoms with E-state index in [2.05, 4.69) is 19.1 Å². The molecule has 2 aromatic rings. The number of furan rings is 1. The van der Waals surface area contributed by atoms with Crippen LogP contribution in [0.3, 0.4) is 0 Å². The van der Waals surface area contributed by atoms with E-state index in [0.29, 0.717) is 5.76 Å². The summed E-state index contributed by atoms with van der Waals surface area (Å²) in [6.07, 6.45) is 0. The van der Waals surface area contributed by atoms with Gasteiger partial charge in [-0.1, -0.05) is 30.3 Å². The number of carbonyl (C=O) groups excluding carboxylic acids is 1. The third-order valence-electron chi connectivity index (χ3n) is 3.46. The Morgan fingerprint density at radius 1 is 1.25 bits per heavy atom. The Hall–Kier alpha value is -2.07. The zero-order valence-corrected chi connectivity index (χ0v) is 11.8. The van der Waals surface area contributed by atoms with Gasteiger partial charge < -0.3 is 19.2 Å². The molecule has 106 valence electrons. The first-order valence-electron chi connectivity index (χ1n) is 6.78. The van der Waals surface area contributed by atoms with Crippen LogP contribution in [0, 0.1) is 6.92 Å². The third kappa shape index (κ3) is 3.48. The number of carboxylic acid groups (broad SMARTS) is 1. The summed E-state index contributed by atoms with van der Waals surface area (Å²) in [5.41, 5.74) is 2.20. The number of hydrogen-bond donors (Lipinski definition) is 1. The first kappa shape index (κ1) is 14.3. The van der Waals surface area contributed by atoms with Crippen molar-refractivity contribution in [3.05, 3.63) is 59.0 Å². The van der Waals surface area contributed by atoms with Gasteiger partial charge in [-0.15, -0.1) is 0 Å². The molecule has 1 atom stereocenters. The van der Waals surface area contributed by atoms with Gasteiger partial charge in [-0.2, -0.15) is 0 Å². The van der Waals surface area contributed by atoms with Crippen molar-refractivity contribution >= 4 is 5.97 Å². The van der Waals surface area contributed by atoms with E-state index in [1.807, 2.05) is 18.2 Å². The van der Waals surface area contributed by atoms with Crippen LogP contribution >= 0.6 is 0 Å². The van der Waals surface area contributed by atoms with Crippen LogP contribution in [0.15, 0.2) is 40.8 Å². The molecule has 1 unspecified atom stereocenters. The van der Waals surface area contributed by atoms with Gasteiger partial charge in [0, 0.05) is 11.1 Å². The van der Waals surface area contributed by atoms with Gasteiger partial charge >= 0.3 is 0 Å². The average molecular weight is 273 g/mol. The second-order valence-electron chi connectivity index (χ2n) is 4.92. The topological polar surface area (TPSA) is 57.7 Å². The van der Waals surface area contributed by atoms with Crippen LogP contribution in [0.4, 0.5) is 0 Å². The summed E-state index contributed by atoms with van der Waals surface area (Å²) in [6.45, 7) is 6.52. The van der Waals surface area contributed by atoms with Crippen LogP contribution in [0.5, 0.6) is 0 Å². The van der Waals surface area contributed by atoms with Crippen molar-refractivity contribution in [2.45, 2.75) is 26.9 Å². The number of rotatable bonds is 6. The predicted molar refractivity (Wildman–Crippen MR) is 73.1 cm³/mol. The molecule has 0 fully saturated rings. The molecule has 4 heteroatoms. The molecule has 1 aromatic heterocycles. The summed E-state index contributed by atoms with van der Waals surface area (Å²) in [4.78, 5) is 12.2. The minimum atomic E-state index is -1.26. The molecule has 2 rings (SSSR count). The molecule has 0 spiro atoms. The van der Waals surface area contributed by atoms with Crippen LogP contribution in [0.25, 0.3) is 0 Å². The molecule has 1 N–H and O–H groups in total. The number of hydrogen-bond acceptors (Lipinski definition) is 3. The minimum Gasteiger partial charge on any atom is -0.542 e. The van der Waals surface area contributed by atoms with E-state index in [0.717, 1.165) is 25.2 Å². The summed E-state index contributed by atoms with van der Waals surface area (Å²) in [5.74, 6) is -0.698. The molecule has 1 aromatic carbocycles. The summed E-state index contributed by atoms with van der Waals surface area (Å²) in [7, 11) is 0. The highest BCUT2D eigenvalue weighted by Crippen LogP contribution is 2.13. The number of quaternary nitrogens is 1. The minimum absolute atomic E-state index is 0.0901. The molecule has 0 amide bonds. The predicted octanol–water partition coefficient (Wildman–Crippen LogP) is 0.557. The second-order valence-corrected chi connectivity index (χ2v) is 4.92. The summed E-state index contributed by atoms with van der Waals surface area (Å²) < 4.78 is 5.20. The van der Waals surface area contributed by atoms with E-state index in [1.165, 1.54) is 10.5 Å². The van der Waals surface area contributed by atoms with Crippen molar-refractivity contribution in [2.24, 2.45) is 0 Å². The zero-order chi connectivity index (χ0) is 14.5.